The van der Waals surface area contributed by atoms with Gasteiger partial charge in [0.1, 0.15) is 171 Å². The van der Waals surface area contributed by atoms with Gasteiger partial charge >= 0.3 is 72.8 Å². The molecule has 64 heteroatoms. The molecule has 1 radical (unpaired) electrons. The zero-order chi connectivity index (χ0) is 78.5. The van der Waals surface area contributed by atoms with Gasteiger partial charge < -0.3 is 138 Å². The van der Waals surface area contributed by atoms with E-state index in [1.807, 2.05) is 0 Å². The van der Waals surface area contributed by atoms with Crippen LogP contribution in [0.2, 0.25) is 0 Å². The van der Waals surface area contributed by atoms with Crippen molar-refractivity contribution in [2.24, 2.45) is 0 Å². The zero-order valence-corrected chi connectivity index (χ0v) is 60.4. The van der Waals surface area contributed by atoms with Crippen LogP contribution in [0.3, 0.4) is 0 Å². The number of hydrogen-bond donors (Lipinski definition) is 21. The summed E-state index contributed by atoms with van der Waals surface area (Å²) in [4.78, 5) is 0. The van der Waals surface area contributed by atoms with Gasteiger partial charge in [-0.1, -0.05) is 0 Å². The van der Waals surface area contributed by atoms with Gasteiger partial charge in [0.15, 0.2) is 44.0 Å². The molecule has 56 nitrogen and oxygen atoms in total. The molecule has 2 unspecified atom stereocenters. The van der Waals surface area contributed by atoms with Crippen LogP contribution in [0.1, 0.15) is 0 Å². The third kappa shape index (κ3) is 24.5. The van der Waals surface area contributed by atoms with E-state index in [1.54, 1.807) is 0 Å². The SMILES string of the molecule is O=S(=O)(O)OC[C@H]1O[C@@H]2O[C@H]3[C@H](O)[C@@H](O)[C@@H](O[C@H]4[C@H](O)[C@@H](O)[C@@H](O[C@H]5[C@H](O)[C@@H](O)[C@@H](O[C@H]6[C@H](O)[C@@H](O)[C@@H](O[C@H]7[C@H](O)C(O)[C@@H](O[C@H]8[C@H](O)C(O)[C@@H](O[C@H]1[C@H](O)[C@H]2O)O[C@@H]8COS(=O)(=O)O)O[C@@H]7COS(=O)(=O)O)O[C@@H]6COS(=O)(=O)O)O[C@@H]5COS(=O)(=O)O)O[C@@H]4COS(=O)(=O)O)O[C@@H]3COS(=O)(=O)O.[Na]. The maximum Gasteiger partial charge on any atom is 0.397 e. The van der Waals surface area contributed by atoms with Crippen molar-refractivity contribution in [2.45, 2.75) is 215 Å². The van der Waals surface area contributed by atoms with Crippen LogP contribution in [-0.2, 0) is 168 Å². The second-order valence-corrected chi connectivity index (χ2v) is 31.0. The molecule has 21 heterocycles. The van der Waals surface area contributed by atoms with Crippen LogP contribution in [0.15, 0.2) is 0 Å². The number of rotatable bonds is 21. The van der Waals surface area contributed by atoms with Crippen LogP contribution >= 0.6 is 0 Å². The molecule has 21 saturated heterocycles. The zero-order valence-electron chi connectivity index (χ0n) is 52.7. The maximum absolute atomic E-state index is 12.0. The second kappa shape index (κ2) is 36.4. The molecule has 0 saturated carbocycles. The number of ether oxygens (including phenoxy) is 14. The molecule has 106 heavy (non-hydrogen) atoms. The molecule has 0 aromatic carbocycles. The Morgan fingerprint density at radius 1 is 0.179 bits per heavy atom. The first-order valence-electron chi connectivity index (χ1n) is 29.2. The molecular formula is C42H70NaO56S7. The summed E-state index contributed by atoms with van der Waals surface area (Å²) in [5.41, 5.74) is 0. The van der Waals surface area contributed by atoms with Gasteiger partial charge in [0, 0.05) is 29.6 Å². The average molecular weight is 1720 g/mol. The van der Waals surface area contributed by atoms with E-state index in [9.17, 15) is 162 Å². The van der Waals surface area contributed by atoms with Gasteiger partial charge in [-0.2, -0.15) is 58.9 Å². The van der Waals surface area contributed by atoms with Gasteiger partial charge in [-0.25, -0.2) is 29.3 Å². The Morgan fingerprint density at radius 3 is 0.358 bits per heavy atom. The molecule has 21 aliphatic rings. The first-order valence-corrected chi connectivity index (χ1v) is 38.8. The topological polar surface area (TPSA) is 858 Å². The summed E-state index contributed by atoms with van der Waals surface area (Å²) in [5, 5.41) is 163. The Morgan fingerprint density at radius 2 is 0.274 bits per heavy atom. The summed E-state index contributed by atoms with van der Waals surface area (Å²) in [6.45, 7) is -11.6. The van der Waals surface area contributed by atoms with E-state index in [-0.39, 0.29) is 29.6 Å². The molecule has 617 valence electrons. The summed E-state index contributed by atoms with van der Waals surface area (Å²) in [7, 11) is -39.7. The molecule has 21 fully saturated rings. The van der Waals surface area contributed by atoms with Crippen molar-refractivity contribution in [2.75, 3.05) is 46.2 Å². The van der Waals surface area contributed by atoms with Gasteiger partial charge in [-0.3, -0.25) is 31.9 Å². The average Bonchev–Trinajstić information content (AvgIpc) is 0.777. The Hall–Kier alpha value is -1.03. The van der Waals surface area contributed by atoms with Gasteiger partial charge in [0.25, 0.3) is 0 Å². The number of hydrogen-bond acceptors (Lipinski definition) is 49. The van der Waals surface area contributed by atoms with Crippen LogP contribution in [0.25, 0.3) is 0 Å². The number of aliphatic hydroxyl groups is 14. The van der Waals surface area contributed by atoms with Crippen molar-refractivity contribution in [3.63, 3.8) is 0 Å². The van der Waals surface area contributed by atoms with Crippen LogP contribution < -0.4 is 0 Å². The van der Waals surface area contributed by atoms with E-state index in [2.05, 4.69) is 29.3 Å². The Bertz CT molecular complexity index is 3050. The first-order chi connectivity index (χ1) is 48.2. The Kier molecular flexibility index (Phi) is 31.7. The Balaban J connectivity index is 0.0000157. The fourth-order valence-electron chi connectivity index (χ4n) is 11.4. The normalized spacial score (nSPS) is 44.4. The first kappa shape index (κ1) is 92.1. The van der Waals surface area contributed by atoms with E-state index in [0.29, 0.717) is 0 Å². The van der Waals surface area contributed by atoms with Crippen LogP contribution in [-0.4, -0.2) is 453 Å². The molecule has 35 atom stereocenters. The predicted octanol–water partition coefficient (Wildman–Crippen LogP) is -16.8. The van der Waals surface area contributed by atoms with Crippen molar-refractivity contribution >= 4 is 102 Å². The quantitative estimate of drug-likeness (QED) is 0.0375. The van der Waals surface area contributed by atoms with Gasteiger partial charge in [-0.05, 0) is 0 Å². The van der Waals surface area contributed by atoms with Crippen LogP contribution in [0.5, 0.6) is 0 Å². The molecule has 0 aliphatic carbocycles. The number of aliphatic hydroxyl groups excluding tert-OH is 14. The predicted molar refractivity (Wildman–Crippen MR) is 307 cm³/mol. The van der Waals surface area contributed by atoms with Gasteiger partial charge in [0.2, 0.25) is 0 Å². The summed E-state index contributed by atoms with van der Waals surface area (Å²) >= 11 is 0. The van der Waals surface area contributed by atoms with E-state index in [0.717, 1.165) is 0 Å². The molecule has 21 rings (SSSR count). The van der Waals surface area contributed by atoms with Crippen LogP contribution in [0.4, 0.5) is 0 Å². The Labute approximate surface area is 617 Å². The molecule has 0 aromatic heterocycles. The second-order valence-electron chi connectivity index (χ2n) is 23.4. The summed E-state index contributed by atoms with van der Waals surface area (Å²) in [6.07, 6.45) is -93.1. The molecule has 14 bridgehead atoms. The summed E-state index contributed by atoms with van der Waals surface area (Å²) < 4.78 is 343. The van der Waals surface area contributed by atoms with Crippen molar-refractivity contribution < 1.29 is 258 Å². The standard InChI is InChI=1S/C42H70O56S7.Na/c43-15-22(50)36-85-8(1-78-99(57,58)59)29(15)92-37-23(51)16(44)31(10(86-37)3-80-101(63,64)65)94-39-25(53)18(46)33(12(88-39)5-82-103(69,70)71)96-41-27(55)20(48)35(14(90-41)7-84-105(75,76)77)98-42-28(56)21(49)34(13(91-42)6-83-104(72,73)74)97-40-26(54)19(47)32(11(89-40)4-81-102(66,67)68)95-38-24(52)17(45)30(93-36)9(87-38)2-79-100(60,61)62;/h8-56H,1-7H2,(H,57,58,59)(H,60,61,62)(H,63,64,65)(H,66,67,68)(H,69,70,71)(H,72,73,74)(H,75,76,77);/t8-,9-,10-,11-,12-,13-,14-,15-,16-,17-,18-,19-,20-,21-,22-,23-,24-,25-,26-,27?,28?,29-,30-,31-,32-,33-,34-,35-,36-,37-,38-,39-,40-,41-,42-;/m1./s1. The van der Waals surface area contributed by atoms with E-state index < -0.39 is 334 Å². The monoisotopic (exact) mass is 1720 g/mol. The fourth-order valence-corrected chi connectivity index (χ4v) is 13.5. The van der Waals surface area contributed by atoms with E-state index >= 15 is 0 Å². The van der Waals surface area contributed by atoms with Gasteiger partial charge in [-0.15, -0.1) is 0 Å². The third-order valence-electron chi connectivity index (χ3n) is 16.2. The molecule has 0 amide bonds. The minimum absolute atomic E-state index is 0. The summed E-state index contributed by atoms with van der Waals surface area (Å²) in [5.74, 6) is 0. The van der Waals surface area contributed by atoms with Crippen molar-refractivity contribution in [3.8, 4) is 0 Å². The van der Waals surface area contributed by atoms with E-state index in [4.69, 9.17) is 66.3 Å². The van der Waals surface area contributed by atoms with Gasteiger partial charge in [0.05, 0.1) is 46.2 Å². The smallest absolute Gasteiger partial charge is 0.387 e. The summed E-state index contributed by atoms with van der Waals surface area (Å²) in [6, 6.07) is 0. The van der Waals surface area contributed by atoms with Crippen molar-refractivity contribution in [1.82, 2.24) is 0 Å². The van der Waals surface area contributed by atoms with Crippen LogP contribution in [0, 0.1) is 0 Å². The molecule has 21 aliphatic heterocycles. The fraction of sp³-hybridized carbons (Fsp3) is 1.00. The largest absolute Gasteiger partial charge is 0.397 e. The van der Waals surface area contributed by atoms with Crippen molar-refractivity contribution in [3.05, 3.63) is 0 Å². The molecule has 0 aromatic rings. The van der Waals surface area contributed by atoms with E-state index in [1.165, 1.54) is 0 Å². The molecular weight excluding hydrogens is 1650 g/mol. The minimum Gasteiger partial charge on any atom is -0.387 e. The molecule has 21 N–H and O–H groups in total. The minimum atomic E-state index is -5.67. The van der Waals surface area contributed by atoms with Crippen molar-refractivity contribution in [1.29, 1.82) is 0 Å². The third-order valence-corrected chi connectivity index (χ3v) is 19.2. The maximum atomic E-state index is 12.0. The molecule has 0 spiro atoms.